The van der Waals surface area contributed by atoms with E-state index in [1.54, 1.807) is 0 Å². The van der Waals surface area contributed by atoms with Gasteiger partial charge in [-0.25, -0.2) is 0 Å². The van der Waals surface area contributed by atoms with Crippen LogP contribution in [-0.4, -0.2) is 0 Å². The minimum atomic E-state index is 0. The van der Waals surface area contributed by atoms with Crippen molar-refractivity contribution in [2.45, 2.75) is 0 Å². The minimum Gasteiger partial charge on any atom is -0.444 e. The fourth-order valence-corrected chi connectivity index (χ4v) is 0. The normalized spacial score (nSPS) is 3.20. The monoisotopic (exact) mass is 425 g/mol. The third-order valence-corrected chi connectivity index (χ3v) is 0. The van der Waals surface area contributed by atoms with Crippen molar-refractivity contribution in [1.82, 2.24) is 0 Å². The average Bonchev–Trinajstić information content (AvgIpc) is 1.92. The van der Waals surface area contributed by atoms with Gasteiger partial charge in [0.2, 0.25) is 0 Å². The quantitative estimate of drug-likeness (QED) is 0.208. The van der Waals surface area contributed by atoms with Crippen LogP contribution < -0.4 is 59.1 Å². The van der Waals surface area contributed by atoms with E-state index in [1.165, 1.54) is 0 Å². The third-order valence-electron chi connectivity index (χ3n) is 0. The van der Waals surface area contributed by atoms with Gasteiger partial charge in [-0.05, 0) is 0 Å². The van der Waals surface area contributed by atoms with Gasteiger partial charge in [-0.3, -0.25) is 0 Å². The van der Waals surface area contributed by atoms with E-state index in [4.69, 9.17) is 40.5 Å². The predicted octanol–water partition coefficient (Wildman–Crippen LogP) is -4.99. The molecule has 0 bridgehead atoms. The molecule has 15 heavy (non-hydrogen) atoms. The molecule has 0 aromatic heterocycles. The van der Waals surface area contributed by atoms with Gasteiger partial charge in [0.15, 0.2) is 0 Å². The molecular weight excluding hydrogens is 425 g/mol. The van der Waals surface area contributed by atoms with Crippen molar-refractivity contribution in [3.63, 3.8) is 0 Å². The Morgan fingerprint density at radius 1 is 0.533 bits per heavy atom. The van der Waals surface area contributed by atoms with Crippen molar-refractivity contribution in [3.05, 3.63) is 40.5 Å². The zero-order chi connectivity index (χ0) is 10.8. The second-order valence-electron chi connectivity index (χ2n) is 0.298. The second kappa shape index (κ2) is 137. The largest absolute Gasteiger partial charge is 1.00 e. The van der Waals surface area contributed by atoms with Crippen LogP contribution >= 0.6 is 0 Å². The standard InChI is InChI=1S/4HNO2.2Na.Pt/c4*2-1-3;;;/h4*(H,2,3);;;/q;;;;2*+1;/p-4. The minimum absolute atomic E-state index is 0. The number of rotatable bonds is 0. The molecule has 0 aromatic carbocycles. The SMILES string of the molecule is O=N[O-].O=N[O-].O=N[O-].O=N[O-].[Na+].[Na+].[Pt]. The van der Waals surface area contributed by atoms with Crippen LogP contribution in [0.2, 0.25) is 0 Å². The second-order valence-corrected chi connectivity index (χ2v) is 0.298. The van der Waals surface area contributed by atoms with Gasteiger partial charge in [0.25, 0.3) is 0 Å². The molecular formula is N4Na2O8Pt-2. The fraction of sp³-hybridized carbons (Fsp3) is 0. The maximum Gasteiger partial charge on any atom is 1.00 e. The molecule has 0 heterocycles. The molecule has 0 saturated carbocycles. The molecule has 12 nitrogen and oxygen atoms in total. The Hall–Kier alpha value is 0.288. The smallest absolute Gasteiger partial charge is 0.444 e. The summed E-state index contributed by atoms with van der Waals surface area (Å²) in [5.41, 5.74) is 0. The zero-order valence-electron chi connectivity index (χ0n) is 7.37. The van der Waals surface area contributed by atoms with Crippen LogP contribution in [0.4, 0.5) is 0 Å². The summed E-state index contributed by atoms with van der Waals surface area (Å²) in [5.74, 6) is 0. The maximum absolute atomic E-state index is 8.00. The summed E-state index contributed by atoms with van der Waals surface area (Å²) in [7, 11) is 0. The van der Waals surface area contributed by atoms with Crippen LogP contribution in [0.3, 0.4) is 0 Å². The predicted molar refractivity (Wildman–Crippen MR) is 36.6 cm³/mol. The van der Waals surface area contributed by atoms with Gasteiger partial charge in [-0.15, -0.1) is 21.4 Å². The Balaban J connectivity index is -0.0000000107. The Bertz CT molecular complexity index is 78.6. The van der Waals surface area contributed by atoms with Gasteiger partial charge in [0, 0.05) is 21.1 Å². The van der Waals surface area contributed by atoms with E-state index < -0.39 is 0 Å². The summed E-state index contributed by atoms with van der Waals surface area (Å²) in [6.07, 6.45) is 0. The summed E-state index contributed by atoms with van der Waals surface area (Å²) in [4.78, 5) is 32.0. The Kier molecular flexibility index (Phi) is 416. The topological polar surface area (TPSA) is 210 Å². The molecule has 0 N–H and O–H groups in total. The van der Waals surface area contributed by atoms with Gasteiger partial charge < -0.3 is 40.5 Å². The van der Waals surface area contributed by atoms with Crippen LogP contribution in [0.25, 0.3) is 0 Å². The van der Waals surface area contributed by atoms with E-state index in [9.17, 15) is 0 Å². The first kappa shape index (κ1) is 45.4. The van der Waals surface area contributed by atoms with Crippen molar-refractivity contribution in [3.8, 4) is 0 Å². The van der Waals surface area contributed by atoms with E-state index in [-0.39, 0.29) is 80.2 Å². The van der Waals surface area contributed by atoms with Crippen LogP contribution in [0.15, 0.2) is 21.4 Å². The van der Waals surface area contributed by atoms with Gasteiger partial charge >= 0.3 is 59.1 Å². The molecule has 0 aromatic rings. The number of hydrogen-bond donors (Lipinski definition) is 0. The third kappa shape index (κ3) is 26000. The Morgan fingerprint density at radius 2 is 0.533 bits per heavy atom. The van der Waals surface area contributed by atoms with Crippen molar-refractivity contribution in [2.24, 2.45) is 21.4 Å². The van der Waals surface area contributed by atoms with E-state index in [0.717, 1.165) is 21.4 Å². The first-order chi connectivity index (χ1) is 5.66. The summed E-state index contributed by atoms with van der Waals surface area (Å²) < 4.78 is 0. The Morgan fingerprint density at radius 3 is 0.533 bits per heavy atom. The molecule has 0 aliphatic carbocycles. The first-order valence-corrected chi connectivity index (χ1v) is 1.46. The van der Waals surface area contributed by atoms with Gasteiger partial charge in [0.1, 0.15) is 0 Å². The van der Waals surface area contributed by atoms with Gasteiger partial charge in [-0.2, -0.15) is 0 Å². The summed E-state index contributed by atoms with van der Waals surface area (Å²) in [6, 6.07) is 0. The maximum atomic E-state index is 8.00. The molecule has 0 amide bonds. The van der Waals surface area contributed by atoms with E-state index in [1.807, 2.05) is 0 Å². The molecule has 0 radical (unpaired) electrons. The zero-order valence-corrected chi connectivity index (χ0v) is 13.6. The molecule has 15 heteroatoms. The number of hydrogen-bond acceptors (Lipinski definition) is 12. The molecule has 0 spiro atoms. The van der Waals surface area contributed by atoms with Crippen molar-refractivity contribution in [1.29, 1.82) is 0 Å². The molecule has 0 fully saturated rings. The van der Waals surface area contributed by atoms with Crippen LogP contribution in [-0.2, 0) is 21.1 Å². The Labute approximate surface area is 140 Å². The van der Waals surface area contributed by atoms with Gasteiger partial charge in [0.05, 0.1) is 0 Å². The molecule has 0 aliphatic rings. The van der Waals surface area contributed by atoms with E-state index in [2.05, 4.69) is 0 Å². The van der Waals surface area contributed by atoms with E-state index in [0.29, 0.717) is 0 Å². The molecule has 82 valence electrons. The number of nitrogens with zero attached hydrogens (tertiary/aromatic N) is 4. The summed E-state index contributed by atoms with van der Waals surface area (Å²) in [6.45, 7) is 0. The van der Waals surface area contributed by atoms with Crippen LogP contribution in [0.5, 0.6) is 0 Å². The van der Waals surface area contributed by atoms with Crippen molar-refractivity contribution >= 4 is 0 Å². The molecule has 0 atom stereocenters. The van der Waals surface area contributed by atoms with Crippen molar-refractivity contribution < 1.29 is 80.2 Å². The molecule has 0 unspecified atom stereocenters. The molecule has 0 aliphatic heterocycles. The fourth-order valence-electron chi connectivity index (χ4n) is 0. The average molecular weight is 425 g/mol. The van der Waals surface area contributed by atoms with E-state index >= 15 is 0 Å². The van der Waals surface area contributed by atoms with Gasteiger partial charge in [-0.1, -0.05) is 0 Å². The summed E-state index contributed by atoms with van der Waals surface area (Å²) >= 11 is 0. The van der Waals surface area contributed by atoms with Crippen LogP contribution in [0, 0.1) is 40.5 Å². The van der Waals surface area contributed by atoms with Crippen molar-refractivity contribution in [2.75, 3.05) is 0 Å². The first-order valence-electron chi connectivity index (χ1n) is 1.46. The molecule has 0 saturated heterocycles. The van der Waals surface area contributed by atoms with Crippen LogP contribution in [0.1, 0.15) is 0 Å². The molecule has 0 rings (SSSR count). The summed E-state index contributed by atoms with van der Waals surface area (Å²) in [5, 5.41) is 36.0.